The summed E-state index contributed by atoms with van der Waals surface area (Å²) in [5, 5.41) is 0. The minimum atomic E-state index is -3.78. The average molecular weight is 518 g/mol. The molecule has 0 spiro atoms. The van der Waals surface area contributed by atoms with E-state index in [9.17, 15) is 17.6 Å². The maximum absolute atomic E-state index is 13.9. The Labute approximate surface area is 213 Å². The summed E-state index contributed by atoms with van der Waals surface area (Å²) >= 11 is 0. The lowest BCUT2D eigenvalue weighted by atomic mass is 9.97. The number of nitrogens with two attached hydrogens (primary N) is 1. The van der Waals surface area contributed by atoms with E-state index in [1.54, 1.807) is 38.1 Å². The Morgan fingerprint density at radius 3 is 2.14 bits per heavy atom. The lowest BCUT2D eigenvalue weighted by Crippen LogP contribution is -2.43. The largest absolute Gasteiger partial charge is 0.493 e. The highest BCUT2D eigenvalue weighted by atomic mass is 32.2. The molecule has 7 nitrogen and oxygen atoms in total. The third-order valence-corrected chi connectivity index (χ3v) is 8.90. The average Bonchev–Trinajstić information content (AvgIpc) is 3.35. The van der Waals surface area contributed by atoms with E-state index in [1.165, 1.54) is 4.31 Å². The van der Waals surface area contributed by atoms with E-state index in [0.717, 1.165) is 42.8 Å². The van der Waals surface area contributed by atoms with Gasteiger partial charge in [-0.05, 0) is 93.9 Å². The second-order valence-corrected chi connectivity index (χ2v) is 12.4. The SMILES string of the molecule is CC(C)(F)CN1CCC(COc2ccc(-c3ccc(S(=O)(=O)N4CCC[C@H]4C(N)=O)cc3)cc2)CC1. The Morgan fingerprint density at radius 2 is 1.58 bits per heavy atom. The number of likely N-dealkylation sites (tertiary alicyclic amines) is 1. The minimum Gasteiger partial charge on any atom is -0.493 e. The molecule has 0 saturated carbocycles. The first kappa shape index (κ1) is 26.6. The maximum Gasteiger partial charge on any atom is 0.243 e. The summed E-state index contributed by atoms with van der Waals surface area (Å²) in [4.78, 5) is 14.0. The number of hydrogen-bond donors (Lipinski definition) is 1. The van der Waals surface area contributed by atoms with Gasteiger partial charge < -0.3 is 15.4 Å². The van der Waals surface area contributed by atoms with Crippen LogP contribution in [0.5, 0.6) is 5.75 Å². The standard InChI is InChI=1S/C27H36FN3O4S/c1-27(2,28)19-30-16-13-20(14-17-30)18-35-23-9-5-21(6-10-23)22-7-11-24(12-8-22)36(33,34)31-15-3-4-25(31)26(29)32/h5-12,20,25H,3-4,13-19H2,1-2H3,(H2,29,32)/t25-/m0/s1. The van der Waals surface area contributed by atoms with E-state index in [4.69, 9.17) is 10.5 Å². The number of nitrogens with zero attached hydrogens (tertiary/aromatic N) is 2. The molecule has 196 valence electrons. The summed E-state index contributed by atoms with van der Waals surface area (Å²) in [7, 11) is -3.78. The molecule has 2 heterocycles. The smallest absolute Gasteiger partial charge is 0.243 e. The molecule has 1 amide bonds. The zero-order valence-corrected chi connectivity index (χ0v) is 21.8. The second kappa shape index (κ2) is 10.9. The molecule has 4 rings (SSSR count). The summed E-state index contributed by atoms with van der Waals surface area (Å²) in [6, 6.07) is 13.6. The molecule has 2 saturated heterocycles. The number of halogens is 1. The van der Waals surface area contributed by atoms with Crippen molar-refractivity contribution < 1.29 is 22.3 Å². The van der Waals surface area contributed by atoms with E-state index in [1.807, 2.05) is 24.3 Å². The Balaban J connectivity index is 1.32. The van der Waals surface area contributed by atoms with Crippen LogP contribution >= 0.6 is 0 Å². The van der Waals surface area contributed by atoms with E-state index < -0.39 is 27.6 Å². The van der Waals surface area contributed by atoms with Crippen LogP contribution in [0.4, 0.5) is 4.39 Å². The Bertz CT molecular complexity index is 1140. The van der Waals surface area contributed by atoms with Crippen molar-refractivity contribution in [2.45, 2.75) is 56.1 Å². The summed E-state index contributed by atoms with van der Waals surface area (Å²) in [6.07, 6.45) is 3.08. The van der Waals surface area contributed by atoms with Crippen LogP contribution in [0.25, 0.3) is 11.1 Å². The molecular formula is C27H36FN3O4S. The number of alkyl halides is 1. The minimum absolute atomic E-state index is 0.153. The number of hydrogen-bond acceptors (Lipinski definition) is 5. The van der Waals surface area contributed by atoms with Crippen LogP contribution in [0.15, 0.2) is 53.4 Å². The number of amides is 1. The normalized spacial score (nSPS) is 20.5. The Hall–Kier alpha value is -2.49. The third-order valence-electron chi connectivity index (χ3n) is 6.97. The number of carbonyl (C=O) groups is 1. The van der Waals surface area contributed by atoms with Gasteiger partial charge in [-0.1, -0.05) is 24.3 Å². The second-order valence-electron chi connectivity index (χ2n) is 10.5. The number of sulfonamides is 1. The van der Waals surface area contributed by atoms with Crippen LogP contribution in [0.3, 0.4) is 0 Å². The van der Waals surface area contributed by atoms with Gasteiger partial charge in [0, 0.05) is 13.1 Å². The molecule has 2 N–H and O–H groups in total. The first-order chi connectivity index (χ1) is 17.0. The van der Waals surface area contributed by atoms with Crippen molar-refractivity contribution in [2.24, 2.45) is 11.7 Å². The molecule has 2 fully saturated rings. The Morgan fingerprint density at radius 1 is 1.00 bits per heavy atom. The third kappa shape index (κ3) is 6.44. The summed E-state index contributed by atoms with van der Waals surface area (Å²) in [5.41, 5.74) is 6.06. The van der Waals surface area contributed by atoms with Gasteiger partial charge in [0.05, 0.1) is 11.5 Å². The first-order valence-electron chi connectivity index (χ1n) is 12.6. The zero-order valence-electron chi connectivity index (χ0n) is 21.0. The van der Waals surface area contributed by atoms with Crippen LogP contribution in [-0.4, -0.2) is 68.0 Å². The van der Waals surface area contributed by atoms with Gasteiger partial charge in [-0.2, -0.15) is 4.31 Å². The monoisotopic (exact) mass is 517 g/mol. The molecule has 0 aliphatic carbocycles. The molecule has 2 aromatic rings. The lowest BCUT2D eigenvalue weighted by Gasteiger charge is -2.34. The van der Waals surface area contributed by atoms with Crippen LogP contribution < -0.4 is 10.5 Å². The van der Waals surface area contributed by atoms with E-state index in [2.05, 4.69) is 4.90 Å². The highest BCUT2D eigenvalue weighted by Crippen LogP contribution is 2.29. The van der Waals surface area contributed by atoms with Gasteiger partial charge in [0.1, 0.15) is 17.5 Å². The molecule has 1 atom stereocenters. The van der Waals surface area contributed by atoms with Gasteiger partial charge in [0.25, 0.3) is 0 Å². The van der Waals surface area contributed by atoms with Gasteiger partial charge >= 0.3 is 0 Å². The van der Waals surface area contributed by atoms with Crippen molar-refractivity contribution in [1.82, 2.24) is 9.21 Å². The van der Waals surface area contributed by atoms with Crippen LogP contribution in [-0.2, 0) is 14.8 Å². The highest BCUT2D eigenvalue weighted by Gasteiger charge is 2.38. The molecule has 36 heavy (non-hydrogen) atoms. The molecule has 2 aliphatic heterocycles. The fourth-order valence-electron chi connectivity index (χ4n) is 5.07. The molecule has 0 unspecified atom stereocenters. The van der Waals surface area contributed by atoms with Gasteiger partial charge in [-0.3, -0.25) is 4.79 Å². The lowest BCUT2D eigenvalue weighted by molar-refractivity contribution is -0.121. The maximum atomic E-state index is 13.9. The predicted molar refractivity (Wildman–Crippen MR) is 138 cm³/mol. The van der Waals surface area contributed by atoms with Crippen molar-refractivity contribution in [1.29, 1.82) is 0 Å². The fraction of sp³-hybridized carbons (Fsp3) is 0.519. The van der Waals surface area contributed by atoms with Crippen molar-refractivity contribution in [3.63, 3.8) is 0 Å². The topological polar surface area (TPSA) is 92.9 Å². The first-order valence-corrected chi connectivity index (χ1v) is 14.0. The number of piperidine rings is 1. The number of rotatable bonds is 9. The zero-order chi connectivity index (χ0) is 25.9. The molecule has 2 aromatic carbocycles. The molecule has 0 bridgehead atoms. The predicted octanol–water partition coefficient (Wildman–Crippen LogP) is 3.83. The molecular weight excluding hydrogens is 481 g/mol. The van der Waals surface area contributed by atoms with E-state index in [0.29, 0.717) is 38.5 Å². The molecule has 2 aliphatic rings. The fourth-order valence-corrected chi connectivity index (χ4v) is 6.73. The van der Waals surface area contributed by atoms with Crippen LogP contribution in [0.2, 0.25) is 0 Å². The van der Waals surface area contributed by atoms with Crippen molar-refractivity contribution in [3.05, 3.63) is 48.5 Å². The van der Waals surface area contributed by atoms with Gasteiger partial charge in [-0.25, -0.2) is 12.8 Å². The number of ether oxygens (including phenoxy) is 1. The van der Waals surface area contributed by atoms with E-state index in [-0.39, 0.29) is 4.90 Å². The van der Waals surface area contributed by atoms with Crippen molar-refractivity contribution in [3.8, 4) is 16.9 Å². The van der Waals surface area contributed by atoms with Crippen molar-refractivity contribution >= 4 is 15.9 Å². The summed E-state index contributed by atoms with van der Waals surface area (Å²) in [6.45, 7) is 6.45. The quantitative estimate of drug-likeness (QED) is 0.546. The highest BCUT2D eigenvalue weighted by molar-refractivity contribution is 7.89. The Kier molecular flexibility index (Phi) is 8.02. The van der Waals surface area contributed by atoms with Crippen molar-refractivity contribution in [2.75, 3.05) is 32.8 Å². The van der Waals surface area contributed by atoms with Gasteiger partial charge in [-0.15, -0.1) is 0 Å². The van der Waals surface area contributed by atoms with Crippen LogP contribution in [0.1, 0.15) is 39.5 Å². The number of benzene rings is 2. The van der Waals surface area contributed by atoms with Gasteiger partial charge in [0.15, 0.2) is 0 Å². The summed E-state index contributed by atoms with van der Waals surface area (Å²) in [5.74, 6) is 0.640. The number of carbonyl (C=O) groups excluding carboxylic acids is 1. The number of primary amides is 1. The molecule has 9 heteroatoms. The molecule has 0 aromatic heterocycles. The van der Waals surface area contributed by atoms with Crippen LogP contribution in [0, 0.1) is 5.92 Å². The van der Waals surface area contributed by atoms with E-state index >= 15 is 0 Å². The molecule has 0 radical (unpaired) electrons. The summed E-state index contributed by atoms with van der Waals surface area (Å²) < 4.78 is 47.1. The van der Waals surface area contributed by atoms with Gasteiger partial charge in [0.2, 0.25) is 15.9 Å².